The average Bonchev–Trinajstić information content (AvgIpc) is 2.72. The van der Waals surface area contributed by atoms with E-state index < -0.39 is 5.91 Å². The van der Waals surface area contributed by atoms with E-state index in [-0.39, 0.29) is 5.57 Å². The number of anilines is 1. The van der Waals surface area contributed by atoms with Crippen molar-refractivity contribution < 1.29 is 4.79 Å². The molecular formula is C25H20BrClN2O. The highest BCUT2D eigenvalue weighted by Gasteiger charge is 2.13. The molecule has 0 aliphatic heterocycles. The van der Waals surface area contributed by atoms with Crippen LogP contribution in [-0.4, -0.2) is 5.91 Å². The largest absolute Gasteiger partial charge is 0.321 e. The van der Waals surface area contributed by atoms with Crippen molar-refractivity contribution in [3.05, 3.63) is 104 Å². The molecule has 3 rings (SSSR count). The summed E-state index contributed by atoms with van der Waals surface area (Å²) in [5.41, 5.74) is 5.45. The second kappa shape index (κ2) is 9.75. The number of halogens is 2. The third kappa shape index (κ3) is 5.38. The summed E-state index contributed by atoms with van der Waals surface area (Å²) in [6, 6.07) is 21.3. The number of hydrogen-bond acceptors (Lipinski definition) is 2. The molecule has 0 saturated carbocycles. The monoisotopic (exact) mass is 478 g/mol. The fourth-order valence-electron chi connectivity index (χ4n) is 3.07. The topological polar surface area (TPSA) is 52.9 Å². The van der Waals surface area contributed by atoms with E-state index in [2.05, 4.69) is 21.2 Å². The van der Waals surface area contributed by atoms with Gasteiger partial charge in [-0.3, -0.25) is 4.79 Å². The molecule has 0 aliphatic rings. The number of benzene rings is 3. The van der Waals surface area contributed by atoms with Crippen molar-refractivity contribution in [2.45, 2.75) is 20.3 Å². The molecule has 0 radical (unpaired) electrons. The van der Waals surface area contributed by atoms with E-state index in [1.807, 2.05) is 80.6 Å². The van der Waals surface area contributed by atoms with Crippen LogP contribution in [0.4, 0.5) is 5.69 Å². The molecule has 150 valence electrons. The second-order valence-corrected chi connectivity index (χ2v) is 8.38. The third-order valence-electron chi connectivity index (χ3n) is 4.75. The lowest BCUT2D eigenvalue weighted by molar-refractivity contribution is -0.112. The van der Waals surface area contributed by atoms with Crippen molar-refractivity contribution in [2.24, 2.45) is 0 Å². The number of amides is 1. The van der Waals surface area contributed by atoms with Crippen LogP contribution in [0.1, 0.15) is 27.8 Å². The molecule has 0 fully saturated rings. The maximum absolute atomic E-state index is 12.8. The van der Waals surface area contributed by atoms with Crippen LogP contribution in [0.3, 0.4) is 0 Å². The minimum absolute atomic E-state index is 0.0365. The maximum atomic E-state index is 12.8. The van der Waals surface area contributed by atoms with Gasteiger partial charge in [-0.2, -0.15) is 5.26 Å². The molecule has 0 bridgehead atoms. The van der Waals surface area contributed by atoms with Crippen molar-refractivity contribution in [1.82, 2.24) is 0 Å². The molecule has 1 N–H and O–H groups in total. The Bertz CT molecular complexity index is 1180. The normalized spacial score (nSPS) is 11.1. The lowest BCUT2D eigenvalue weighted by Gasteiger charge is -2.11. The Kier molecular flexibility index (Phi) is 7.10. The van der Waals surface area contributed by atoms with E-state index in [9.17, 15) is 10.1 Å². The Morgan fingerprint density at radius 2 is 1.87 bits per heavy atom. The molecule has 3 nitrogen and oxygen atoms in total. The molecule has 0 saturated heterocycles. The minimum atomic E-state index is -0.435. The van der Waals surface area contributed by atoms with Gasteiger partial charge in [0, 0.05) is 15.2 Å². The predicted molar refractivity (Wildman–Crippen MR) is 127 cm³/mol. The Morgan fingerprint density at radius 1 is 1.10 bits per heavy atom. The average molecular weight is 480 g/mol. The van der Waals surface area contributed by atoms with Gasteiger partial charge in [0.25, 0.3) is 5.91 Å². The number of nitrogens with one attached hydrogen (secondary N) is 1. The van der Waals surface area contributed by atoms with Gasteiger partial charge < -0.3 is 5.32 Å². The number of nitrogens with zero attached hydrogens (tertiary/aromatic N) is 1. The van der Waals surface area contributed by atoms with Crippen LogP contribution in [0, 0.1) is 25.2 Å². The number of hydrogen-bond donors (Lipinski definition) is 1. The molecule has 0 unspecified atom stereocenters. The molecule has 30 heavy (non-hydrogen) atoms. The second-order valence-electron chi connectivity index (χ2n) is 7.05. The van der Waals surface area contributed by atoms with Gasteiger partial charge in [0.05, 0.1) is 0 Å². The van der Waals surface area contributed by atoms with Crippen LogP contribution >= 0.6 is 27.5 Å². The van der Waals surface area contributed by atoms with Crippen LogP contribution < -0.4 is 5.32 Å². The van der Waals surface area contributed by atoms with Gasteiger partial charge in [-0.15, -0.1) is 0 Å². The Labute approximate surface area is 190 Å². The summed E-state index contributed by atoms with van der Waals surface area (Å²) in [6.45, 7) is 3.87. The summed E-state index contributed by atoms with van der Waals surface area (Å²) in [7, 11) is 0. The van der Waals surface area contributed by atoms with E-state index in [0.29, 0.717) is 17.1 Å². The van der Waals surface area contributed by atoms with Crippen LogP contribution in [0.2, 0.25) is 5.02 Å². The fraction of sp³-hybridized carbons (Fsp3) is 0.120. The van der Waals surface area contributed by atoms with Gasteiger partial charge >= 0.3 is 0 Å². The molecule has 0 spiro atoms. The standard InChI is InChI=1S/C25H20BrClN2O/c1-16-7-8-17(2)24(11-16)29-25(30)21(15-28)13-20-14-22(26)10-9-18(20)12-19-5-3-4-6-23(19)27/h3-11,13-14H,12H2,1-2H3,(H,29,30)/b21-13+. The van der Waals surface area contributed by atoms with E-state index in [0.717, 1.165) is 32.3 Å². The van der Waals surface area contributed by atoms with E-state index in [1.165, 1.54) is 0 Å². The first-order valence-corrected chi connectivity index (χ1v) is 10.6. The first-order chi connectivity index (χ1) is 14.4. The summed E-state index contributed by atoms with van der Waals surface area (Å²) in [6.07, 6.45) is 2.22. The predicted octanol–water partition coefficient (Wildman–Crippen LogP) is 6.86. The van der Waals surface area contributed by atoms with Crippen molar-refractivity contribution in [2.75, 3.05) is 5.32 Å². The van der Waals surface area contributed by atoms with Crippen molar-refractivity contribution in [3.8, 4) is 6.07 Å². The number of aryl methyl sites for hydroxylation is 2. The van der Waals surface area contributed by atoms with E-state index >= 15 is 0 Å². The first-order valence-electron chi connectivity index (χ1n) is 9.39. The Morgan fingerprint density at radius 3 is 2.60 bits per heavy atom. The zero-order valence-electron chi connectivity index (χ0n) is 16.7. The quantitative estimate of drug-likeness (QED) is 0.321. The maximum Gasteiger partial charge on any atom is 0.266 e. The lowest BCUT2D eigenvalue weighted by atomic mass is 9.98. The lowest BCUT2D eigenvalue weighted by Crippen LogP contribution is -2.14. The highest BCUT2D eigenvalue weighted by Crippen LogP contribution is 2.25. The summed E-state index contributed by atoms with van der Waals surface area (Å²) >= 11 is 9.80. The fourth-order valence-corrected chi connectivity index (χ4v) is 3.65. The van der Waals surface area contributed by atoms with Gasteiger partial charge in [-0.05, 0) is 78.4 Å². The zero-order valence-corrected chi connectivity index (χ0v) is 19.0. The van der Waals surface area contributed by atoms with E-state index in [1.54, 1.807) is 6.08 Å². The number of nitriles is 1. The van der Waals surface area contributed by atoms with Crippen molar-refractivity contribution in [3.63, 3.8) is 0 Å². The Hall–Kier alpha value is -2.87. The highest BCUT2D eigenvalue weighted by atomic mass is 79.9. The summed E-state index contributed by atoms with van der Waals surface area (Å²) in [5, 5.41) is 13.2. The SMILES string of the molecule is Cc1ccc(C)c(NC(=O)/C(C#N)=C/c2cc(Br)ccc2Cc2ccccc2Cl)c1. The van der Waals surface area contributed by atoms with Gasteiger partial charge in [0.2, 0.25) is 0 Å². The zero-order chi connectivity index (χ0) is 21.7. The molecule has 0 aliphatic carbocycles. The van der Waals surface area contributed by atoms with Crippen molar-refractivity contribution in [1.29, 1.82) is 5.26 Å². The number of carbonyl (C=O) groups excluding carboxylic acids is 1. The van der Waals surface area contributed by atoms with Gasteiger partial charge in [0.15, 0.2) is 0 Å². The van der Waals surface area contributed by atoms with Crippen LogP contribution in [0.25, 0.3) is 6.08 Å². The smallest absolute Gasteiger partial charge is 0.266 e. The number of rotatable bonds is 5. The Balaban J connectivity index is 1.94. The first kappa shape index (κ1) is 21.8. The van der Waals surface area contributed by atoms with Crippen LogP contribution in [0.15, 0.2) is 70.7 Å². The molecular weight excluding hydrogens is 460 g/mol. The molecule has 0 aromatic heterocycles. The molecule has 3 aromatic rings. The van der Waals surface area contributed by atoms with Crippen LogP contribution in [0.5, 0.6) is 0 Å². The molecule has 1 amide bonds. The third-order valence-corrected chi connectivity index (χ3v) is 5.61. The van der Waals surface area contributed by atoms with Gasteiger partial charge in [-0.1, -0.05) is 63.9 Å². The molecule has 5 heteroatoms. The molecule has 3 aromatic carbocycles. The molecule has 0 heterocycles. The van der Waals surface area contributed by atoms with Gasteiger partial charge in [-0.25, -0.2) is 0 Å². The van der Waals surface area contributed by atoms with Gasteiger partial charge in [0.1, 0.15) is 11.6 Å². The summed E-state index contributed by atoms with van der Waals surface area (Å²) in [4.78, 5) is 12.8. The van der Waals surface area contributed by atoms with Crippen LogP contribution in [-0.2, 0) is 11.2 Å². The summed E-state index contributed by atoms with van der Waals surface area (Å²) < 4.78 is 0.865. The van der Waals surface area contributed by atoms with E-state index in [4.69, 9.17) is 11.6 Å². The minimum Gasteiger partial charge on any atom is -0.321 e. The van der Waals surface area contributed by atoms with Crippen molar-refractivity contribution >= 4 is 45.2 Å². The number of carbonyl (C=O) groups is 1. The molecule has 0 atom stereocenters. The summed E-state index contributed by atoms with van der Waals surface area (Å²) in [5.74, 6) is -0.435. The highest BCUT2D eigenvalue weighted by molar-refractivity contribution is 9.10.